The van der Waals surface area contributed by atoms with Gasteiger partial charge in [0.05, 0.1) is 0 Å². The van der Waals surface area contributed by atoms with Crippen LogP contribution in [0.1, 0.15) is 6.92 Å². The lowest BCUT2D eigenvalue weighted by atomic mass is 10.1. The van der Waals surface area contributed by atoms with Gasteiger partial charge in [0.2, 0.25) is 2.14 Å². The Morgan fingerprint density at radius 2 is 2.00 bits per heavy atom. The van der Waals surface area contributed by atoms with Gasteiger partial charge in [-0.2, -0.15) is 0 Å². The highest BCUT2D eigenvalue weighted by Gasteiger charge is 2.61. The van der Waals surface area contributed by atoms with Gasteiger partial charge >= 0.3 is 11.9 Å². The Hall–Kier alpha value is 1.31. The second-order valence-electron chi connectivity index (χ2n) is 3.02. The summed E-state index contributed by atoms with van der Waals surface area (Å²) in [5.74, 6) is -2.10. The van der Waals surface area contributed by atoms with Crippen molar-refractivity contribution in [1.82, 2.24) is 0 Å². The van der Waals surface area contributed by atoms with E-state index in [-0.39, 0.29) is 0 Å². The zero-order valence-corrected chi connectivity index (χ0v) is 13.4. The van der Waals surface area contributed by atoms with Gasteiger partial charge < -0.3 is 9.47 Å². The Morgan fingerprint density at radius 3 is 2.21 bits per heavy atom. The molecule has 1 aliphatic rings. The number of alkyl halides is 4. The van der Waals surface area contributed by atoms with Crippen molar-refractivity contribution in [3.05, 3.63) is 0 Å². The molecule has 1 heterocycles. The van der Waals surface area contributed by atoms with Crippen molar-refractivity contribution in [2.45, 2.75) is 20.6 Å². The number of cyclic esters (lactones) is 1. The van der Waals surface area contributed by atoms with Crippen LogP contribution in [0.3, 0.4) is 0 Å². The average molecular weight is 461 g/mol. The fourth-order valence-corrected chi connectivity index (χ4v) is 1.67. The largest absolute Gasteiger partial charge is 0.413 e. The highest BCUT2D eigenvalue weighted by Crippen LogP contribution is 2.49. The summed E-state index contributed by atoms with van der Waals surface area (Å²) in [4.78, 5) is 11.5. The van der Waals surface area contributed by atoms with E-state index in [0.717, 1.165) is 0 Å². The van der Waals surface area contributed by atoms with Crippen LogP contribution in [0.25, 0.3) is 0 Å². The van der Waals surface area contributed by atoms with Gasteiger partial charge in [-0.25, -0.2) is 4.79 Å². The Bertz CT molecular complexity index is 268. The van der Waals surface area contributed by atoms with E-state index in [1.54, 1.807) is 6.92 Å². The first-order chi connectivity index (χ1) is 6.15. The van der Waals surface area contributed by atoms with E-state index in [9.17, 15) is 4.79 Å². The molecule has 82 valence electrons. The molecular weight excluding hydrogens is 454 g/mol. The van der Waals surface area contributed by atoms with Crippen molar-refractivity contribution in [2.75, 3.05) is 5.33 Å². The molecule has 1 aliphatic heterocycles. The molecular formula is C6H7Br4NO3. The fraction of sp³-hybridized carbons (Fsp3) is 0.833. The molecule has 2 atom stereocenters. The summed E-state index contributed by atoms with van der Waals surface area (Å²) < 4.78 is 9.33. The normalized spacial score (nSPS) is 38.6. The average Bonchev–Trinajstić information content (AvgIpc) is 2.24. The molecule has 2 unspecified atom stereocenters. The minimum atomic E-state index is -1.59. The van der Waals surface area contributed by atoms with Gasteiger partial charge in [-0.15, -0.1) is 0 Å². The summed E-state index contributed by atoms with van der Waals surface area (Å²) in [5, 5.41) is 0.306. The number of carbonyl (C=O) groups is 1. The van der Waals surface area contributed by atoms with Crippen LogP contribution in [0.4, 0.5) is 0 Å². The molecule has 8 heteroatoms. The standard InChI is InChI=1S/C6H7Br4NO3/c1-4(2-7)3(12)13-6(11,14-4)5(8,9)10/h2,11H2,1H3. The molecule has 0 aliphatic carbocycles. The summed E-state index contributed by atoms with van der Waals surface area (Å²) in [6.07, 6.45) is 0. The summed E-state index contributed by atoms with van der Waals surface area (Å²) in [6.45, 7) is 1.59. The molecule has 0 radical (unpaired) electrons. The van der Waals surface area contributed by atoms with Crippen LogP contribution >= 0.6 is 63.7 Å². The second kappa shape index (κ2) is 3.96. The fourth-order valence-electron chi connectivity index (χ4n) is 0.840. The Balaban J connectivity index is 2.97. The summed E-state index contributed by atoms with van der Waals surface area (Å²) in [6, 6.07) is 0. The number of ether oxygens (including phenoxy) is 2. The number of hydrogen-bond acceptors (Lipinski definition) is 4. The number of hydrogen-bond donors (Lipinski definition) is 1. The third-order valence-corrected chi connectivity index (χ3v) is 4.43. The quantitative estimate of drug-likeness (QED) is 0.481. The van der Waals surface area contributed by atoms with E-state index < -0.39 is 19.6 Å². The van der Waals surface area contributed by atoms with Gasteiger partial charge in [-0.1, -0.05) is 63.7 Å². The Labute approximate surface area is 115 Å². The lowest BCUT2D eigenvalue weighted by Gasteiger charge is -2.30. The number of esters is 1. The van der Waals surface area contributed by atoms with Crippen molar-refractivity contribution < 1.29 is 14.3 Å². The van der Waals surface area contributed by atoms with Crippen molar-refractivity contribution >= 4 is 69.7 Å². The van der Waals surface area contributed by atoms with Crippen LogP contribution in [0.2, 0.25) is 0 Å². The van der Waals surface area contributed by atoms with Crippen molar-refractivity contribution in [3.63, 3.8) is 0 Å². The van der Waals surface area contributed by atoms with Crippen LogP contribution in [0, 0.1) is 0 Å². The number of halogens is 4. The maximum Gasteiger partial charge on any atom is 0.342 e. The summed E-state index contributed by atoms with van der Waals surface area (Å²) >= 11 is 12.6. The Kier molecular flexibility index (Phi) is 3.78. The first kappa shape index (κ1) is 13.4. The van der Waals surface area contributed by atoms with Crippen LogP contribution in [0.5, 0.6) is 0 Å². The lowest BCUT2D eigenvalue weighted by molar-refractivity contribution is -0.172. The number of nitrogens with two attached hydrogens (primary N) is 1. The highest BCUT2D eigenvalue weighted by atomic mass is 80.0. The van der Waals surface area contributed by atoms with E-state index in [4.69, 9.17) is 15.2 Å². The molecule has 4 nitrogen and oxygen atoms in total. The predicted molar refractivity (Wildman–Crippen MR) is 65.8 cm³/mol. The summed E-state index contributed by atoms with van der Waals surface area (Å²) in [5.41, 5.74) is 4.68. The molecule has 1 rings (SSSR count). The van der Waals surface area contributed by atoms with E-state index >= 15 is 0 Å². The third-order valence-electron chi connectivity index (χ3n) is 1.70. The topological polar surface area (TPSA) is 61.6 Å². The van der Waals surface area contributed by atoms with Crippen molar-refractivity contribution in [2.24, 2.45) is 5.73 Å². The van der Waals surface area contributed by atoms with Gasteiger partial charge in [-0.05, 0) is 6.92 Å². The zero-order chi connectivity index (χ0) is 11.2. The Morgan fingerprint density at radius 1 is 1.50 bits per heavy atom. The second-order valence-corrected chi connectivity index (χ2v) is 10.3. The third kappa shape index (κ3) is 2.20. The maximum atomic E-state index is 11.5. The molecule has 1 saturated heterocycles. The zero-order valence-electron chi connectivity index (χ0n) is 7.02. The predicted octanol–water partition coefficient (Wildman–Crippen LogP) is 2.16. The molecule has 0 aromatic rings. The lowest BCUT2D eigenvalue weighted by Crippen LogP contribution is -2.53. The maximum absolute atomic E-state index is 11.5. The van der Waals surface area contributed by atoms with Gasteiger partial charge in [0.15, 0.2) is 5.60 Å². The van der Waals surface area contributed by atoms with E-state index in [1.807, 2.05) is 0 Å². The van der Waals surface area contributed by atoms with Gasteiger partial charge in [0, 0.05) is 5.33 Å². The molecule has 2 N–H and O–H groups in total. The minimum Gasteiger partial charge on any atom is -0.413 e. The highest BCUT2D eigenvalue weighted by molar-refractivity contribution is 9.39. The van der Waals surface area contributed by atoms with Gasteiger partial charge in [-0.3, -0.25) is 5.73 Å². The van der Waals surface area contributed by atoms with Crippen LogP contribution in [-0.4, -0.2) is 25.0 Å². The first-order valence-electron chi connectivity index (χ1n) is 3.50. The first-order valence-corrected chi connectivity index (χ1v) is 7.00. The number of rotatable bonds is 1. The molecule has 1 fully saturated rings. The van der Waals surface area contributed by atoms with Crippen LogP contribution in [-0.2, 0) is 14.3 Å². The molecule has 0 saturated carbocycles. The minimum absolute atomic E-state index is 0.306. The molecule has 0 spiro atoms. The summed E-state index contributed by atoms with van der Waals surface area (Å²) in [7, 11) is 0. The molecule has 0 amide bonds. The van der Waals surface area contributed by atoms with Crippen LogP contribution < -0.4 is 5.73 Å². The smallest absolute Gasteiger partial charge is 0.342 e. The van der Waals surface area contributed by atoms with E-state index in [1.165, 1.54) is 0 Å². The molecule has 0 aromatic carbocycles. The monoisotopic (exact) mass is 457 g/mol. The molecule has 0 aromatic heterocycles. The van der Waals surface area contributed by atoms with Crippen molar-refractivity contribution in [3.8, 4) is 0 Å². The van der Waals surface area contributed by atoms with E-state index in [0.29, 0.717) is 5.33 Å². The number of carbonyl (C=O) groups excluding carboxylic acids is 1. The van der Waals surface area contributed by atoms with Crippen LogP contribution in [0.15, 0.2) is 0 Å². The van der Waals surface area contributed by atoms with E-state index in [2.05, 4.69) is 63.7 Å². The SMILES string of the molecule is CC1(CBr)OC(N)(C(Br)(Br)Br)OC1=O. The van der Waals surface area contributed by atoms with Gasteiger partial charge in [0.1, 0.15) is 0 Å². The van der Waals surface area contributed by atoms with Crippen molar-refractivity contribution in [1.29, 1.82) is 0 Å². The van der Waals surface area contributed by atoms with Gasteiger partial charge in [0.25, 0.3) is 0 Å². The molecule has 0 bridgehead atoms. The molecule has 14 heavy (non-hydrogen) atoms.